The number of methoxy groups -OCH3 is 1. The fourth-order valence-corrected chi connectivity index (χ4v) is 5.26. The van der Waals surface area contributed by atoms with Gasteiger partial charge in [0.1, 0.15) is 5.75 Å². The first-order valence-electron chi connectivity index (χ1n) is 9.53. The Hall–Kier alpha value is -2.38. The summed E-state index contributed by atoms with van der Waals surface area (Å²) < 4.78 is 32.7. The molecule has 7 heteroatoms. The first-order valence-corrected chi connectivity index (χ1v) is 11.0. The summed E-state index contributed by atoms with van der Waals surface area (Å²) in [5, 5.41) is 2.79. The molecule has 1 amide bonds. The third kappa shape index (κ3) is 4.36. The van der Waals surface area contributed by atoms with Crippen molar-refractivity contribution in [2.24, 2.45) is 0 Å². The van der Waals surface area contributed by atoms with Gasteiger partial charge in [0.05, 0.1) is 12.0 Å². The highest BCUT2D eigenvalue weighted by Gasteiger charge is 2.32. The number of ether oxygens (including phenoxy) is 1. The summed E-state index contributed by atoms with van der Waals surface area (Å²) in [7, 11) is -1.95. The van der Waals surface area contributed by atoms with Crippen LogP contribution in [0.3, 0.4) is 0 Å². The normalized spacial score (nSPS) is 17.9. The van der Waals surface area contributed by atoms with Gasteiger partial charge < -0.3 is 10.1 Å². The fourth-order valence-electron chi connectivity index (χ4n) is 3.49. The van der Waals surface area contributed by atoms with Gasteiger partial charge in [-0.05, 0) is 67.8 Å². The van der Waals surface area contributed by atoms with Crippen LogP contribution in [0.4, 0.5) is 5.69 Å². The van der Waals surface area contributed by atoms with Gasteiger partial charge in [0.15, 0.2) is 0 Å². The Morgan fingerprint density at radius 3 is 2.39 bits per heavy atom. The summed E-state index contributed by atoms with van der Waals surface area (Å²) in [5.41, 5.74) is 1.04. The maximum atomic E-state index is 13.0. The summed E-state index contributed by atoms with van der Waals surface area (Å²) >= 11 is 0. The van der Waals surface area contributed by atoms with Crippen molar-refractivity contribution in [1.29, 1.82) is 0 Å². The highest BCUT2D eigenvalue weighted by molar-refractivity contribution is 7.89. The van der Waals surface area contributed by atoms with E-state index in [-0.39, 0.29) is 16.8 Å². The topological polar surface area (TPSA) is 75.7 Å². The monoisotopic (exact) mass is 402 g/mol. The average Bonchev–Trinajstić information content (AvgIpc) is 2.74. The number of hydrogen-bond donors (Lipinski definition) is 1. The molecule has 1 fully saturated rings. The average molecular weight is 403 g/mol. The molecule has 0 radical (unpaired) electrons. The van der Waals surface area contributed by atoms with Crippen molar-refractivity contribution in [3.8, 4) is 5.75 Å². The van der Waals surface area contributed by atoms with Crippen molar-refractivity contribution < 1.29 is 17.9 Å². The lowest BCUT2D eigenvalue weighted by atomic mass is 10.0. The van der Waals surface area contributed by atoms with Gasteiger partial charge in [0.2, 0.25) is 10.0 Å². The molecule has 1 N–H and O–H groups in total. The fraction of sp³-hybridized carbons (Fsp3) is 0.381. The largest absolute Gasteiger partial charge is 0.497 e. The predicted molar refractivity (Wildman–Crippen MR) is 109 cm³/mol. The number of amides is 1. The SMILES string of the molecule is CCC1CCCCN1S(=O)(=O)c1ccc(NC(=O)c2ccc(OC)cc2)cc1. The molecule has 0 aromatic heterocycles. The van der Waals surface area contributed by atoms with Crippen molar-refractivity contribution >= 4 is 21.6 Å². The van der Waals surface area contributed by atoms with Crippen molar-refractivity contribution in [3.63, 3.8) is 0 Å². The molecule has 1 heterocycles. The van der Waals surface area contributed by atoms with Crippen molar-refractivity contribution in [3.05, 3.63) is 54.1 Å². The minimum absolute atomic E-state index is 0.0631. The molecule has 0 aliphatic carbocycles. The van der Waals surface area contributed by atoms with Crippen LogP contribution in [0.15, 0.2) is 53.4 Å². The molecule has 0 bridgehead atoms. The zero-order valence-corrected chi connectivity index (χ0v) is 17.0. The summed E-state index contributed by atoms with van der Waals surface area (Å²) in [5.74, 6) is 0.412. The van der Waals surface area contributed by atoms with Crippen LogP contribution in [-0.2, 0) is 10.0 Å². The van der Waals surface area contributed by atoms with Gasteiger partial charge in [-0.1, -0.05) is 13.3 Å². The Bertz CT molecular complexity index is 908. The molecule has 2 aromatic carbocycles. The predicted octanol–water partition coefficient (Wildman–Crippen LogP) is 3.90. The molecule has 2 aromatic rings. The molecule has 3 rings (SSSR count). The number of piperidine rings is 1. The van der Waals surface area contributed by atoms with E-state index in [1.54, 1.807) is 59.9 Å². The molecule has 1 aliphatic heterocycles. The Labute approximate surface area is 166 Å². The van der Waals surface area contributed by atoms with E-state index in [0.717, 1.165) is 25.7 Å². The Kier molecular flexibility index (Phi) is 6.36. The molecule has 0 spiro atoms. The second-order valence-electron chi connectivity index (χ2n) is 6.88. The number of carbonyl (C=O) groups excluding carboxylic acids is 1. The van der Waals surface area contributed by atoms with E-state index in [4.69, 9.17) is 4.74 Å². The molecular weight excluding hydrogens is 376 g/mol. The Balaban J connectivity index is 1.72. The summed E-state index contributed by atoms with van der Waals surface area (Å²) in [6.07, 6.45) is 3.69. The van der Waals surface area contributed by atoms with E-state index in [1.807, 2.05) is 6.92 Å². The van der Waals surface area contributed by atoms with Crippen LogP contribution >= 0.6 is 0 Å². The number of rotatable bonds is 6. The molecule has 28 heavy (non-hydrogen) atoms. The lowest BCUT2D eigenvalue weighted by molar-refractivity contribution is 0.102. The minimum atomic E-state index is -3.52. The summed E-state index contributed by atoms with van der Waals surface area (Å²) in [6, 6.07) is 13.2. The van der Waals surface area contributed by atoms with Crippen LogP contribution < -0.4 is 10.1 Å². The molecule has 6 nitrogen and oxygen atoms in total. The highest BCUT2D eigenvalue weighted by atomic mass is 32.2. The van der Waals surface area contributed by atoms with E-state index in [9.17, 15) is 13.2 Å². The number of carbonyl (C=O) groups is 1. The molecule has 1 atom stereocenters. The van der Waals surface area contributed by atoms with E-state index >= 15 is 0 Å². The Morgan fingerprint density at radius 2 is 1.79 bits per heavy atom. The standard InChI is InChI=1S/C21H26N2O4S/c1-3-18-6-4-5-15-23(18)28(25,26)20-13-9-17(10-14-20)22-21(24)16-7-11-19(27-2)12-8-16/h7-14,18H,3-6,15H2,1-2H3,(H,22,24). The van der Waals surface area contributed by atoms with E-state index in [0.29, 0.717) is 23.5 Å². The Morgan fingerprint density at radius 1 is 1.11 bits per heavy atom. The van der Waals surface area contributed by atoms with Gasteiger partial charge in [0.25, 0.3) is 5.91 Å². The van der Waals surface area contributed by atoms with Gasteiger partial charge in [-0.2, -0.15) is 4.31 Å². The van der Waals surface area contributed by atoms with Gasteiger partial charge in [-0.25, -0.2) is 8.42 Å². The van der Waals surface area contributed by atoms with Gasteiger partial charge in [0, 0.05) is 23.8 Å². The minimum Gasteiger partial charge on any atom is -0.497 e. The quantitative estimate of drug-likeness (QED) is 0.795. The molecular formula is C21H26N2O4S. The zero-order valence-electron chi connectivity index (χ0n) is 16.2. The van der Waals surface area contributed by atoms with Crippen molar-refractivity contribution in [1.82, 2.24) is 4.31 Å². The molecule has 1 aliphatic rings. The third-order valence-electron chi connectivity index (χ3n) is 5.12. The molecule has 0 saturated carbocycles. The smallest absolute Gasteiger partial charge is 0.255 e. The van der Waals surface area contributed by atoms with Crippen LogP contribution in [0.25, 0.3) is 0 Å². The van der Waals surface area contributed by atoms with Crippen LogP contribution in [-0.4, -0.2) is 38.3 Å². The van der Waals surface area contributed by atoms with Crippen molar-refractivity contribution in [2.45, 2.75) is 43.5 Å². The number of nitrogens with one attached hydrogen (secondary N) is 1. The first kappa shape index (κ1) is 20.4. The van der Waals surface area contributed by atoms with Crippen LogP contribution in [0.1, 0.15) is 43.0 Å². The van der Waals surface area contributed by atoms with Gasteiger partial charge >= 0.3 is 0 Å². The summed E-state index contributed by atoms with van der Waals surface area (Å²) in [6.45, 7) is 2.59. The van der Waals surface area contributed by atoms with Crippen molar-refractivity contribution in [2.75, 3.05) is 19.0 Å². The van der Waals surface area contributed by atoms with Crippen LogP contribution in [0.2, 0.25) is 0 Å². The maximum Gasteiger partial charge on any atom is 0.255 e. The van der Waals surface area contributed by atoms with Crippen LogP contribution in [0, 0.1) is 0 Å². The molecule has 1 saturated heterocycles. The summed E-state index contributed by atoms with van der Waals surface area (Å²) in [4.78, 5) is 12.6. The van der Waals surface area contributed by atoms with Crippen LogP contribution in [0.5, 0.6) is 5.75 Å². The van der Waals surface area contributed by atoms with E-state index in [2.05, 4.69) is 5.32 Å². The van der Waals surface area contributed by atoms with Gasteiger partial charge in [-0.3, -0.25) is 4.79 Å². The van der Waals surface area contributed by atoms with E-state index < -0.39 is 10.0 Å². The number of benzene rings is 2. The maximum absolute atomic E-state index is 13.0. The third-order valence-corrected chi connectivity index (χ3v) is 7.08. The number of hydrogen-bond acceptors (Lipinski definition) is 4. The number of sulfonamides is 1. The zero-order chi connectivity index (χ0) is 20.1. The first-order chi connectivity index (χ1) is 13.5. The van der Waals surface area contributed by atoms with Gasteiger partial charge in [-0.15, -0.1) is 0 Å². The highest BCUT2D eigenvalue weighted by Crippen LogP contribution is 2.27. The van der Waals surface area contributed by atoms with E-state index in [1.165, 1.54) is 0 Å². The number of anilines is 1. The second-order valence-corrected chi connectivity index (χ2v) is 8.77. The lowest BCUT2D eigenvalue weighted by Crippen LogP contribution is -2.43. The molecule has 150 valence electrons. The molecule has 1 unspecified atom stereocenters. The number of nitrogens with zero attached hydrogens (tertiary/aromatic N) is 1. The second kappa shape index (κ2) is 8.75. The lowest BCUT2D eigenvalue weighted by Gasteiger charge is -2.34.